The predicted molar refractivity (Wildman–Crippen MR) is 75.9 cm³/mol. The van der Waals surface area contributed by atoms with E-state index in [-0.39, 0.29) is 6.10 Å². The molecule has 0 radical (unpaired) electrons. The molecule has 0 saturated heterocycles. The maximum Gasteiger partial charge on any atom is 0.148 e. The zero-order valence-corrected chi connectivity index (χ0v) is 12.3. The number of hydrogen-bond donors (Lipinski definition) is 2. The summed E-state index contributed by atoms with van der Waals surface area (Å²) in [6, 6.07) is 0. The maximum atomic E-state index is 9.31. The fourth-order valence-corrected chi connectivity index (χ4v) is 2.89. The summed E-state index contributed by atoms with van der Waals surface area (Å²) in [4.78, 5) is 10.6. The van der Waals surface area contributed by atoms with Gasteiger partial charge in [-0.05, 0) is 41.6 Å². The molecule has 0 spiro atoms. The van der Waals surface area contributed by atoms with E-state index in [4.69, 9.17) is 0 Å². The Balaban J connectivity index is 2.04. The first-order valence-electron chi connectivity index (χ1n) is 6.25. The van der Waals surface area contributed by atoms with Gasteiger partial charge in [0.15, 0.2) is 0 Å². The molecule has 1 aromatic rings. The van der Waals surface area contributed by atoms with Gasteiger partial charge in [0.2, 0.25) is 0 Å². The topological polar surface area (TPSA) is 61.3 Å². The number of halogens is 1. The number of hydrogen-bond acceptors (Lipinski definition) is 5. The highest BCUT2D eigenvalue weighted by Crippen LogP contribution is 2.32. The fourth-order valence-electron chi connectivity index (χ4n) is 2.24. The molecule has 0 aromatic carbocycles. The van der Waals surface area contributed by atoms with Crippen molar-refractivity contribution in [3.63, 3.8) is 0 Å². The summed E-state index contributed by atoms with van der Waals surface area (Å²) in [5.74, 6) is 2.28. The van der Waals surface area contributed by atoms with Gasteiger partial charge in [-0.1, -0.05) is 0 Å². The summed E-state index contributed by atoms with van der Waals surface area (Å²) in [6.45, 7) is 3.78. The highest BCUT2D eigenvalue weighted by molar-refractivity contribution is 9.10. The Labute approximate surface area is 116 Å². The standard InChI is InChI=1S/C12H19BrN4O/c1-3-14-11-10(13)12(16-7-15-11)17(2)6-8-4-9(18)5-8/h7-9,18H,3-6H2,1-2H3,(H,14,15,16). The number of rotatable bonds is 5. The van der Waals surface area contributed by atoms with E-state index in [0.29, 0.717) is 5.92 Å². The molecule has 6 heteroatoms. The van der Waals surface area contributed by atoms with E-state index in [0.717, 1.165) is 42.0 Å². The maximum absolute atomic E-state index is 9.31. The lowest BCUT2D eigenvalue weighted by Gasteiger charge is -2.35. The van der Waals surface area contributed by atoms with Crippen LogP contribution in [0, 0.1) is 5.92 Å². The molecule has 1 fully saturated rings. The van der Waals surface area contributed by atoms with Crippen molar-refractivity contribution in [1.29, 1.82) is 0 Å². The van der Waals surface area contributed by atoms with E-state index >= 15 is 0 Å². The normalized spacial score (nSPS) is 22.4. The fraction of sp³-hybridized carbons (Fsp3) is 0.667. The van der Waals surface area contributed by atoms with E-state index in [9.17, 15) is 5.11 Å². The summed E-state index contributed by atoms with van der Waals surface area (Å²) in [7, 11) is 2.02. The molecular weight excluding hydrogens is 296 g/mol. The molecule has 1 aliphatic rings. The number of nitrogens with one attached hydrogen (secondary N) is 1. The van der Waals surface area contributed by atoms with Gasteiger partial charge in [0.1, 0.15) is 22.4 Å². The van der Waals surface area contributed by atoms with Crippen LogP contribution in [-0.4, -0.2) is 41.3 Å². The number of aliphatic hydroxyl groups excluding tert-OH is 1. The van der Waals surface area contributed by atoms with E-state index in [2.05, 4.69) is 36.1 Å². The Morgan fingerprint density at radius 1 is 1.50 bits per heavy atom. The molecule has 1 aromatic heterocycles. The lowest BCUT2D eigenvalue weighted by Crippen LogP contribution is -2.37. The van der Waals surface area contributed by atoms with Crippen molar-refractivity contribution < 1.29 is 5.11 Å². The number of anilines is 2. The van der Waals surface area contributed by atoms with Crippen LogP contribution in [0.4, 0.5) is 11.6 Å². The van der Waals surface area contributed by atoms with Crippen LogP contribution in [0.1, 0.15) is 19.8 Å². The largest absolute Gasteiger partial charge is 0.393 e. The van der Waals surface area contributed by atoms with Crippen molar-refractivity contribution >= 4 is 27.6 Å². The van der Waals surface area contributed by atoms with Gasteiger partial charge in [-0.25, -0.2) is 9.97 Å². The summed E-state index contributed by atoms with van der Waals surface area (Å²) in [5.41, 5.74) is 0. The van der Waals surface area contributed by atoms with Crippen molar-refractivity contribution in [3.8, 4) is 0 Å². The van der Waals surface area contributed by atoms with E-state index < -0.39 is 0 Å². The highest BCUT2D eigenvalue weighted by atomic mass is 79.9. The lowest BCUT2D eigenvalue weighted by molar-refractivity contribution is 0.0464. The molecular formula is C12H19BrN4O. The molecule has 2 N–H and O–H groups in total. The molecule has 0 bridgehead atoms. The summed E-state index contributed by atoms with van der Waals surface area (Å²) in [5, 5.41) is 12.5. The summed E-state index contributed by atoms with van der Waals surface area (Å²) >= 11 is 3.55. The monoisotopic (exact) mass is 314 g/mol. The smallest absolute Gasteiger partial charge is 0.148 e. The average Bonchev–Trinajstić information content (AvgIpc) is 2.30. The molecule has 0 unspecified atom stereocenters. The van der Waals surface area contributed by atoms with Crippen LogP contribution in [0.5, 0.6) is 0 Å². The molecule has 5 nitrogen and oxygen atoms in total. The molecule has 0 atom stereocenters. The molecule has 1 aliphatic carbocycles. The first-order valence-corrected chi connectivity index (χ1v) is 7.04. The molecule has 2 rings (SSSR count). The Kier molecular flexibility index (Phi) is 4.40. The van der Waals surface area contributed by atoms with Crippen molar-refractivity contribution in [1.82, 2.24) is 9.97 Å². The van der Waals surface area contributed by atoms with Crippen LogP contribution in [0.15, 0.2) is 10.8 Å². The minimum atomic E-state index is -0.102. The Bertz CT molecular complexity index is 409. The van der Waals surface area contributed by atoms with Gasteiger partial charge in [-0.2, -0.15) is 0 Å². The highest BCUT2D eigenvalue weighted by Gasteiger charge is 2.28. The molecule has 100 valence electrons. The second kappa shape index (κ2) is 5.84. The number of aromatic nitrogens is 2. The van der Waals surface area contributed by atoms with Crippen LogP contribution in [-0.2, 0) is 0 Å². The van der Waals surface area contributed by atoms with Gasteiger partial charge in [0.05, 0.1) is 6.10 Å². The predicted octanol–water partition coefficient (Wildman–Crippen LogP) is 1.88. The van der Waals surface area contributed by atoms with E-state index in [1.165, 1.54) is 0 Å². The Hall–Kier alpha value is -0.880. The first-order chi connectivity index (χ1) is 8.61. The molecule has 1 saturated carbocycles. The van der Waals surface area contributed by atoms with Crippen molar-refractivity contribution in [2.45, 2.75) is 25.9 Å². The lowest BCUT2D eigenvalue weighted by atomic mass is 9.82. The third kappa shape index (κ3) is 2.92. The second-order valence-corrected chi connectivity index (χ2v) is 5.55. The van der Waals surface area contributed by atoms with Crippen LogP contribution in [0.3, 0.4) is 0 Å². The minimum absolute atomic E-state index is 0.102. The Morgan fingerprint density at radius 3 is 2.83 bits per heavy atom. The van der Waals surface area contributed by atoms with Gasteiger partial charge in [-0.15, -0.1) is 0 Å². The van der Waals surface area contributed by atoms with Crippen LogP contribution >= 0.6 is 15.9 Å². The molecule has 0 amide bonds. The van der Waals surface area contributed by atoms with Crippen molar-refractivity contribution in [2.24, 2.45) is 5.92 Å². The minimum Gasteiger partial charge on any atom is -0.393 e. The van der Waals surface area contributed by atoms with Gasteiger partial charge in [0, 0.05) is 20.1 Å². The number of nitrogens with zero attached hydrogens (tertiary/aromatic N) is 3. The van der Waals surface area contributed by atoms with Crippen LogP contribution in [0.25, 0.3) is 0 Å². The van der Waals surface area contributed by atoms with Crippen molar-refractivity contribution in [2.75, 3.05) is 30.4 Å². The average molecular weight is 315 g/mol. The number of aliphatic hydroxyl groups is 1. The quantitative estimate of drug-likeness (QED) is 0.869. The third-order valence-electron chi connectivity index (χ3n) is 3.22. The van der Waals surface area contributed by atoms with Gasteiger partial charge >= 0.3 is 0 Å². The van der Waals surface area contributed by atoms with E-state index in [1.807, 2.05) is 14.0 Å². The first kappa shape index (κ1) is 13.5. The Morgan fingerprint density at radius 2 is 2.22 bits per heavy atom. The van der Waals surface area contributed by atoms with Gasteiger partial charge in [0.25, 0.3) is 0 Å². The van der Waals surface area contributed by atoms with Gasteiger partial charge < -0.3 is 15.3 Å². The van der Waals surface area contributed by atoms with Crippen molar-refractivity contribution in [3.05, 3.63) is 10.8 Å². The van der Waals surface area contributed by atoms with Crippen LogP contribution < -0.4 is 10.2 Å². The third-order valence-corrected chi connectivity index (χ3v) is 3.95. The summed E-state index contributed by atoms with van der Waals surface area (Å²) in [6.07, 6.45) is 3.26. The second-order valence-electron chi connectivity index (χ2n) is 4.76. The summed E-state index contributed by atoms with van der Waals surface area (Å²) < 4.78 is 0.897. The zero-order chi connectivity index (χ0) is 13.1. The molecule has 1 heterocycles. The zero-order valence-electron chi connectivity index (χ0n) is 10.7. The molecule has 0 aliphatic heterocycles. The van der Waals surface area contributed by atoms with E-state index in [1.54, 1.807) is 6.33 Å². The molecule has 18 heavy (non-hydrogen) atoms. The van der Waals surface area contributed by atoms with Crippen LogP contribution in [0.2, 0.25) is 0 Å². The SMILES string of the molecule is CCNc1ncnc(N(C)CC2CC(O)C2)c1Br. The van der Waals surface area contributed by atoms with Gasteiger partial charge in [-0.3, -0.25) is 0 Å².